The highest BCUT2D eigenvalue weighted by Gasteiger charge is 2.23. The second-order valence-electron chi connectivity index (χ2n) is 8.40. The van der Waals surface area contributed by atoms with Gasteiger partial charge in [-0.05, 0) is 81.8 Å². The lowest BCUT2D eigenvalue weighted by atomic mass is 9.83. The molecule has 26 heavy (non-hydrogen) atoms. The first-order chi connectivity index (χ1) is 12.8. The number of benzene rings is 1. The molecule has 1 aromatic carbocycles. The molecule has 146 valence electrons. The lowest BCUT2D eigenvalue weighted by Gasteiger charge is -2.29. The maximum atomic E-state index is 6.06. The van der Waals surface area contributed by atoms with Gasteiger partial charge in [0.05, 0.1) is 18.8 Å². The van der Waals surface area contributed by atoms with Crippen LogP contribution in [0.4, 0.5) is 0 Å². The predicted molar refractivity (Wildman–Crippen MR) is 109 cm³/mol. The van der Waals surface area contributed by atoms with Crippen molar-refractivity contribution in [1.29, 1.82) is 0 Å². The summed E-state index contributed by atoms with van der Waals surface area (Å²) in [6, 6.07) is 9.43. The van der Waals surface area contributed by atoms with Crippen LogP contribution in [0.25, 0.3) is 0 Å². The molecule has 1 saturated carbocycles. The van der Waals surface area contributed by atoms with Crippen molar-refractivity contribution in [3.8, 4) is 0 Å². The molecule has 1 saturated heterocycles. The van der Waals surface area contributed by atoms with Gasteiger partial charge in [-0.1, -0.05) is 37.6 Å². The van der Waals surface area contributed by atoms with E-state index in [0.29, 0.717) is 18.1 Å². The Kier molecular flexibility index (Phi) is 8.01. The van der Waals surface area contributed by atoms with E-state index in [1.54, 1.807) is 0 Å². The summed E-state index contributed by atoms with van der Waals surface area (Å²) in [5.74, 6) is 1.50. The van der Waals surface area contributed by atoms with Gasteiger partial charge in [-0.3, -0.25) is 0 Å². The second kappa shape index (κ2) is 10.5. The number of aryl methyl sites for hydroxylation is 1. The Morgan fingerprint density at radius 1 is 0.923 bits per heavy atom. The molecule has 2 atom stereocenters. The topological polar surface area (TPSA) is 18.5 Å². The normalized spacial score (nSPS) is 29.6. The zero-order valence-electron chi connectivity index (χ0n) is 16.9. The SMILES string of the molecule is CCCC1CCC(c2ccc(CCC3CCC(OCC)CC3)cc2)CO1. The van der Waals surface area contributed by atoms with E-state index in [0.717, 1.165) is 19.1 Å². The molecule has 0 amide bonds. The molecule has 1 aliphatic heterocycles. The van der Waals surface area contributed by atoms with Gasteiger partial charge in [-0.15, -0.1) is 0 Å². The third kappa shape index (κ3) is 5.82. The van der Waals surface area contributed by atoms with Gasteiger partial charge in [0.1, 0.15) is 0 Å². The van der Waals surface area contributed by atoms with Gasteiger partial charge in [0.2, 0.25) is 0 Å². The maximum Gasteiger partial charge on any atom is 0.0575 e. The van der Waals surface area contributed by atoms with Crippen molar-refractivity contribution in [2.45, 2.75) is 96.2 Å². The minimum atomic E-state index is 0.508. The summed E-state index contributed by atoms with van der Waals surface area (Å²) in [5.41, 5.74) is 2.97. The van der Waals surface area contributed by atoms with Crippen molar-refractivity contribution in [3.05, 3.63) is 35.4 Å². The molecule has 1 aliphatic carbocycles. The van der Waals surface area contributed by atoms with Crippen LogP contribution in [-0.2, 0) is 15.9 Å². The van der Waals surface area contributed by atoms with E-state index < -0.39 is 0 Å². The van der Waals surface area contributed by atoms with Gasteiger partial charge in [-0.2, -0.15) is 0 Å². The van der Waals surface area contributed by atoms with Crippen LogP contribution in [0.1, 0.15) is 88.7 Å². The van der Waals surface area contributed by atoms with Crippen LogP contribution in [0.3, 0.4) is 0 Å². The summed E-state index contributed by atoms with van der Waals surface area (Å²) in [7, 11) is 0. The fourth-order valence-corrected chi connectivity index (χ4v) is 4.77. The Balaban J connectivity index is 1.40. The lowest BCUT2D eigenvalue weighted by Crippen LogP contribution is -2.24. The van der Waals surface area contributed by atoms with Gasteiger partial charge in [0, 0.05) is 12.5 Å². The highest BCUT2D eigenvalue weighted by Crippen LogP contribution is 2.31. The monoisotopic (exact) mass is 358 g/mol. The zero-order valence-corrected chi connectivity index (χ0v) is 16.9. The highest BCUT2D eigenvalue weighted by molar-refractivity contribution is 5.26. The van der Waals surface area contributed by atoms with Gasteiger partial charge < -0.3 is 9.47 Å². The van der Waals surface area contributed by atoms with Gasteiger partial charge in [0.15, 0.2) is 0 Å². The van der Waals surface area contributed by atoms with E-state index in [-0.39, 0.29) is 0 Å². The van der Waals surface area contributed by atoms with E-state index >= 15 is 0 Å². The molecule has 2 fully saturated rings. The number of rotatable bonds is 8. The largest absolute Gasteiger partial charge is 0.379 e. The average Bonchev–Trinajstić information content (AvgIpc) is 2.69. The second-order valence-corrected chi connectivity index (χ2v) is 8.40. The van der Waals surface area contributed by atoms with Crippen molar-refractivity contribution in [3.63, 3.8) is 0 Å². The van der Waals surface area contributed by atoms with Crippen LogP contribution in [-0.4, -0.2) is 25.4 Å². The van der Waals surface area contributed by atoms with Crippen LogP contribution >= 0.6 is 0 Å². The Hall–Kier alpha value is -0.860. The first-order valence-electron chi connectivity index (χ1n) is 11.1. The summed E-state index contributed by atoms with van der Waals surface area (Å²) < 4.78 is 11.8. The fraction of sp³-hybridized carbons (Fsp3) is 0.750. The summed E-state index contributed by atoms with van der Waals surface area (Å²) in [4.78, 5) is 0. The standard InChI is InChI=1S/C24H38O2/c1-3-5-23-17-14-22(18-26-23)21-12-8-19(9-13-21)6-7-20-10-15-24(16-11-20)25-4-2/h8-9,12-13,20,22-24H,3-7,10-11,14-18H2,1-2H3. The number of hydrogen-bond acceptors (Lipinski definition) is 2. The Morgan fingerprint density at radius 2 is 1.69 bits per heavy atom. The maximum absolute atomic E-state index is 6.06. The summed E-state index contributed by atoms with van der Waals surface area (Å²) in [5, 5.41) is 0. The molecule has 2 unspecified atom stereocenters. The van der Waals surface area contributed by atoms with Crippen molar-refractivity contribution >= 4 is 0 Å². The van der Waals surface area contributed by atoms with Crippen molar-refractivity contribution in [1.82, 2.24) is 0 Å². The van der Waals surface area contributed by atoms with Crippen molar-refractivity contribution in [2.24, 2.45) is 5.92 Å². The van der Waals surface area contributed by atoms with Crippen LogP contribution < -0.4 is 0 Å². The van der Waals surface area contributed by atoms with Crippen LogP contribution in [0.2, 0.25) is 0 Å². The molecule has 3 rings (SSSR count). The molecular formula is C24H38O2. The number of hydrogen-bond donors (Lipinski definition) is 0. The molecule has 2 nitrogen and oxygen atoms in total. The van der Waals surface area contributed by atoms with Crippen LogP contribution in [0, 0.1) is 5.92 Å². The number of ether oxygens (including phenoxy) is 2. The molecule has 0 aromatic heterocycles. The molecule has 0 bridgehead atoms. The van der Waals surface area contributed by atoms with Crippen LogP contribution in [0.15, 0.2) is 24.3 Å². The third-order valence-electron chi connectivity index (χ3n) is 6.47. The van der Waals surface area contributed by atoms with E-state index in [2.05, 4.69) is 38.1 Å². The Bertz CT molecular complexity index is 493. The van der Waals surface area contributed by atoms with Gasteiger partial charge >= 0.3 is 0 Å². The molecule has 0 radical (unpaired) electrons. The first kappa shape index (κ1) is 19.9. The minimum absolute atomic E-state index is 0.508. The minimum Gasteiger partial charge on any atom is -0.379 e. The quantitative estimate of drug-likeness (QED) is 0.544. The predicted octanol–water partition coefficient (Wildman–Crippen LogP) is 6.28. The Morgan fingerprint density at radius 3 is 2.31 bits per heavy atom. The van der Waals surface area contributed by atoms with E-state index in [1.165, 1.54) is 75.3 Å². The summed E-state index contributed by atoms with van der Waals surface area (Å²) in [6.45, 7) is 6.14. The smallest absolute Gasteiger partial charge is 0.0575 e. The molecule has 0 N–H and O–H groups in total. The van der Waals surface area contributed by atoms with E-state index in [9.17, 15) is 0 Å². The van der Waals surface area contributed by atoms with E-state index in [4.69, 9.17) is 9.47 Å². The molecule has 2 aliphatic rings. The molecule has 2 heteroatoms. The molecule has 1 aromatic rings. The third-order valence-corrected chi connectivity index (χ3v) is 6.47. The van der Waals surface area contributed by atoms with Crippen molar-refractivity contribution in [2.75, 3.05) is 13.2 Å². The fourth-order valence-electron chi connectivity index (χ4n) is 4.77. The Labute approximate surface area is 160 Å². The van der Waals surface area contributed by atoms with Gasteiger partial charge in [0.25, 0.3) is 0 Å². The van der Waals surface area contributed by atoms with Gasteiger partial charge in [-0.25, -0.2) is 0 Å². The highest BCUT2D eigenvalue weighted by atomic mass is 16.5. The molecule has 0 spiro atoms. The molecule has 1 heterocycles. The lowest BCUT2D eigenvalue weighted by molar-refractivity contribution is -0.00111. The zero-order chi connectivity index (χ0) is 18.2. The molecular weight excluding hydrogens is 320 g/mol. The summed E-state index contributed by atoms with van der Waals surface area (Å²) >= 11 is 0. The van der Waals surface area contributed by atoms with E-state index in [1.807, 2.05) is 0 Å². The average molecular weight is 359 g/mol. The first-order valence-corrected chi connectivity index (χ1v) is 11.1. The van der Waals surface area contributed by atoms with Crippen molar-refractivity contribution < 1.29 is 9.47 Å². The summed E-state index contributed by atoms with van der Waals surface area (Å²) in [6.07, 6.45) is 13.8. The van der Waals surface area contributed by atoms with Crippen LogP contribution in [0.5, 0.6) is 0 Å².